The molecular weight excluding hydrogens is 280 g/mol. The molecule has 1 rings (SSSR count). The van der Waals surface area contributed by atoms with Crippen LogP contribution in [-0.4, -0.2) is 55.3 Å². The molecule has 0 radical (unpaired) electrons. The van der Waals surface area contributed by atoms with Crippen molar-refractivity contribution in [2.45, 2.75) is 46.2 Å². The van der Waals surface area contributed by atoms with E-state index in [0.717, 1.165) is 0 Å². The Labute approximate surface area is 120 Å². The second-order valence-corrected chi connectivity index (χ2v) is 7.90. The highest BCUT2D eigenvalue weighted by Gasteiger charge is 2.41. The number of carbonyl (C=O) groups excluding carboxylic acids is 2. The van der Waals surface area contributed by atoms with Gasteiger partial charge in [-0.3, -0.25) is 9.59 Å². The van der Waals surface area contributed by atoms with Gasteiger partial charge in [-0.15, -0.1) is 0 Å². The number of sulfone groups is 1. The van der Waals surface area contributed by atoms with Crippen molar-refractivity contribution in [3.05, 3.63) is 0 Å². The van der Waals surface area contributed by atoms with Gasteiger partial charge in [0.1, 0.15) is 12.1 Å². The van der Waals surface area contributed by atoms with Crippen molar-refractivity contribution >= 4 is 21.7 Å². The number of amides is 2. The minimum absolute atomic E-state index is 0.0464. The van der Waals surface area contributed by atoms with Gasteiger partial charge in [0.05, 0.1) is 5.75 Å². The van der Waals surface area contributed by atoms with Crippen LogP contribution < -0.4 is 5.32 Å². The summed E-state index contributed by atoms with van der Waals surface area (Å²) in [7, 11) is -3.16. The summed E-state index contributed by atoms with van der Waals surface area (Å²) >= 11 is 0. The Morgan fingerprint density at radius 2 is 1.85 bits per heavy atom. The van der Waals surface area contributed by atoms with Gasteiger partial charge in [-0.25, -0.2) is 8.42 Å². The molecule has 0 aromatic rings. The van der Waals surface area contributed by atoms with E-state index in [1.165, 1.54) is 4.90 Å². The molecule has 0 aromatic heterocycles. The maximum Gasteiger partial charge on any atom is 0.245 e. The van der Waals surface area contributed by atoms with E-state index in [1.54, 1.807) is 6.92 Å². The van der Waals surface area contributed by atoms with E-state index in [1.807, 2.05) is 20.8 Å². The standard InChI is InChI=1S/C13H24N2O4S/c1-5-10-13(17)15(7-8-20(18,19)6-2)11(9(3)4)12(16)14-10/h9-11H,5-8H2,1-4H3,(H,14,16). The molecule has 1 aliphatic rings. The molecular formula is C13H24N2O4S. The molecule has 1 saturated heterocycles. The van der Waals surface area contributed by atoms with Gasteiger partial charge in [-0.1, -0.05) is 27.7 Å². The molecule has 0 saturated carbocycles. The van der Waals surface area contributed by atoms with Crippen LogP contribution in [0.2, 0.25) is 0 Å². The van der Waals surface area contributed by atoms with Crippen molar-refractivity contribution in [3.63, 3.8) is 0 Å². The summed E-state index contributed by atoms with van der Waals surface area (Å²) in [5, 5.41) is 2.71. The van der Waals surface area contributed by atoms with E-state index in [-0.39, 0.29) is 35.8 Å². The first-order valence-corrected chi connectivity index (χ1v) is 8.86. The van der Waals surface area contributed by atoms with Crippen LogP contribution in [-0.2, 0) is 19.4 Å². The molecule has 7 heteroatoms. The zero-order valence-electron chi connectivity index (χ0n) is 12.5. The molecule has 0 spiro atoms. The monoisotopic (exact) mass is 304 g/mol. The second kappa shape index (κ2) is 6.56. The molecule has 2 atom stereocenters. The molecule has 116 valence electrons. The minimum Gasteiger partial charge on any atom is -0.343 e. The van der Waals surface area contributed by atoms with Gasteiger partial charge in [0.15, 0.2) is 9.84 Å². The predicted molar refractivity (Wildman–Crippen MR) is 76.9 cm³/mol. The van der Waals surface area contributed by atoms with E-state index < -0.39 is 21.9 Å². The highest BCUT2D eigenvalue weighted by atomic mass is 32.2. The minimum atomic E-state index is -3.16. The molecule has 6 nitrogen and oxygen atoms in total. The van der Waals surface area contributed by atoms with Crippen molar-refractivity contribution in [1.29, 1.82) is 0 Å². The summed E-state index contributed by atoms with van der Waals surface area (Å²) in [6.45, 7) is 7.19. The van der Waals surface area contributed by atoms with Crippen LogP contribution in [0.3, 0.4) is 0 Å². The number of nitrogens with one attached hydrogen (secondary N) is 1. The van der Waals surface area contributed by atoms with E-state index in [4.69, 9.17) is 0 Å². The maximum absolute atomic E-state index is 12.3. The van der Waals surface area contributed by atoms with Gasteiger partial charge in [-0.05, 0) is 12.3 Å². The SMILES string of the molecule is CCC1NC(=O)C(C(C)C)N(CCS(=O)(=O)CC)C1=O. The van der Waals surface area contributed by atoms with E-state index in [9.17, 15) is 18.0 Å². The topological polar surface area (TPSA) is 83.6 Å². The molecule has 0 aromatic carbocycles. The Bertz CT molecular complexity index is 473. The Morgan fingerprint density at radius 3 is 2.30 bits per heavy atom. The third-order valence-electron chi connectivity index (χ3n) is 3.62. The first kappa shape index (κ1) is 16.9. The Hall–Kier alpha value is -1.11. The Morgan fingerprint density at radius 1 is 1.25 bits per heavy atom. The lowest BCUT2D eigenvalue weighted by Gasteiger charge is -2.40. The summed E-state index contributed by atoms with van der Waals surface area (Å²) in [6, 6.07) is -1.13. The Kier molecular flexibility index (Phi) is 5.56. The molecule has 0 aliphatic carbocycles. The molecule has 1 heterocycles. The van der Waals surface area contributed by atoms with Crippen molar-refractivity contribution < 1.29 is 18.0 Å². The van der Waals surface area contributed by atoms with E-state index in [0.29, 0.717) is 6.42 Å². The van der Waals surface area contributed by atoms with Crippen LogP contribution in [0.1, 0.15) is 34.1 Å². The fourth-order valence-corrected chi connectivity index (χ4v) is 3.13. The normalized spacial score (nSPS) is 24.1. The first-order valence-electron chi connectivity index (χ1n) is 7.04. The van der Waals surface area contributed by atoms with E-state index >= 15 is 0 Å². The van der Waals surface area contributed by atoms with Crippen LogP contribution >= 0.6 is 0 Å². The summed E-state index contributed by atoms with van der Waals surface area (Å²) < 4.78 is 23.2. The largest absolute Gasteiger partial charge is 0.343 e. The van der Waals surface area contributed by atoms with Crippen LogP contribution in [0.4, 0.5) is 0 Å². The van der Waals surface area contributed by atoms with Crippen LogP contribution in [0, 0.1) is 5.92 Å². The van der Waals surface area contributed by atoms with Crippen LogP contribution in [0.25, 0.3) is 0 Å². The predicted octanol–water partition coefficient (Wildman–Crippen LogP) is 0.183. The van der Waals surface area contributed by atoms with Crippen LogP contribution in [0.5, 0.6) is 0 Å². The van der Waals surface area contributed by atoms with Gasteiger partial charge >= 0.3 is 0 Å². The quantitative estimate of drug-likeness (QED) is 0.759. The molecule has 1 N–H and O–H groups in total. The number of piperazine rings is 1. The highest BCUT2D eigenvalue weighted by Crippen LogP contribution is 2.18. The van der Waals surface area contributed by atoms with Gasteiger partial charge in [0.25, 0.3) is 0 Å². The number of carbonyl (C=O) groups is 2. The molecule has 2 amide bonds. The lowest BCUT2D eigenvalue weighted by Crippen LogP contribution is -2.65. The summed E-state index contributed by atoms with van der Waals surface area (Å²) in [6.07, 6.45) is 0.506. The zero-order valence-corrected chi connectivity index (χ0v) is 13.4. The van der Waals surface area contributed by atoms with Gasteiger partial charge in [-0.2, -0.15) is 0 Å². The lowest BCUT2D eigenvalue weighted by molar-refractivity contribution is -0.150. The molecule has 20 heavy (non-hydrogen) atoms. The number of rotatable bonds is 6. The first-order chi connectivity index (χ1) is 9.23. The van der Waals surface area contributed by atoms with E-state index in [2.05, 4.69) is 5.32 Å². The fourth-order valence-electron chi connectivity index (χ4n) is 2.37. The van der Waals surface area contributed by atoms with Crippen molar-refractivity contribution in [3.8, 4) is 0 Å². The van der Waals surface area contributed by atoms with Crippen molar-refractivity contribution in [2.75, 3.05) is 18.1 Å². The summed E-state index contributed by atoms with van der Waals surface area (Å²) in [4.78, 5) is 25.9. The average molecular weight is 304 g/mol. The van der Waals surface area contributed by atoms with Crippen molar-refractivity contribution in [2.24, 2.45) is 5.92 Å². The third-order valence-corrected chi connectivity index (χ3v) is 5.31. The van der Waals surface area contributed by atoms with Crippen LogP contribution in [0.15, 0.2) is 0 Å². The van der Waals surface area contributed by atoms with Gasteiger partial charge < -0.3 is 10.2 Å². The summed E-state index contributed by atoms with van der Waals surface area (Å²) in [5.41, 5.74) is 0. The molecule has 1 fully saturated rings. The number of hydrogen-bond acceptors (Lipinski definition) is 4. The maximum atomic E-state index is 12.3. The summed E-state index contributed by atoms with van der Waals surface area (Å²) in [5.74, 6) is -0.481. The molecule has 1 aliphatic heterocycles. The number of nitrogens with zero attached hydrogens (tertiary/aromatic N) is 1. The average Bonchev–Trinajstić information content (AvgIpc) is 2.38. The third kappa shape index (κ3) is 3.71. The van der Waals surface area contributed by atoms with Gasteiger partial charge in [0.2, 0.25) is 11.8 Å². The molecule has 2 unspecified atom stereocenters. The Balaban J connectivity index is 2.94. The second-order valence-electron chi connectivity index (χ2n) is 5.43. The number of hydrogen-bond donors (Lipinski definition) is 1. The smallest absolute Gasteiger partial charge is 0.245 e. The van der Waals surface area contributed by atoms with Crippen molar-refractivity contribution in [1.82, 2.24) is 10.2 Å². The van der Waals surface area contributed by atoms with Gasteiger partial charge in [0, 0.05) is 12.3 Å². The highest BCUT2D eigenvalue weighted by molar-refractivity contribution is 7.91. The fraction of sp³-hybridized carbons (Fsp3) is 0.846. The lowest BCUT2D eigenvalue weighted by atomic mass is 9.96. The molecule has 0 bridgehead atoms. The zero-order chi connectivity index (χ0) is 15.5.